The van der Waals surface area contributed by atoms with Crippen LogP contribution in [-0.4, -0.2) is 19.0 Å². The van der Waals surface area contributed by atoms with Crippen LogP contribution in [0.5, 0.6) is 0 Å². The van der Waals surface area contributed by atoms with E-state index < -0.39 is 0 Å². The predicted molar refractivity (Wildman–Crippen MR) is 90.4 cm³/mol. The molecule has 1 aromatic carbocycles. The van der Waals surface area contributed by atoms with Crippen LogP contribution in [0.15, 0.2) is 48.9 Å². The van der Waals surface area contributed by atoms with Gasteiger partial charge in [-0.05, 0) is 23.6 Å². The summed E-state index contributed by atoms with van der Waals surface area (Å²) in [6.45, 7) is 13.9. The van der Waals surface area contributed by atoms with E-state index in [1.165, 1.54) is 0 Å². The molecule has 0 bridgehead atoms. The first-order valence-corrected chi connectivity index (χ1v) is 6.86. The number of hydrogen-bond acceptors (Lipinski definition) is 3. The summed E-state index contributed by atoms with van der Waals surface area (Å²) in [5, 5.41) is 2.71. The molecule has 0 radical (unpaired) electrons. The quantitative estimate of drug-likeness (QED) is 0.576. The Morgan fingerprint density at radius 1 is 1.43 bits per heavy atom. The summed E-state index contributed by atoms with van der Waals surface area (Å²) >= 11 is 0. The second-order valence-electron chi connectivity index (χ2n) is 5.08. The summed E-state index contributed by atoms with van der Waals surface area (Å²) in [6.07, 6.45) is 2.64. The number of hydrogen-bond donors (Lipinski definition) is 1. The minimum Gasteiger partial charge on any atom is -0.378 e. The minimum absolute atomic E-state index is 0.0234. The Kier molecular flexibility index (Phi) is 5.91. The molecule has 1 unspecified atom stereocenters. The molecule has 21 heavy (non-hydrogen) atoms. The topological polar surface area (TPSA) is 44.7 Å². The Morgan fingerprint density at radius 2 is 2.10 bits per heavy atom. The Hall–Kier alpha value is -2.36. The standard InChI is InChI=1S/C17H23N3O/c1-7-14-9-10-15(11-17(14)13(4)20(5)6)16(8-2)12(3)18-19-21/h7,9-11,16H,1,3-4,8H2,2,5-6H3,(H,18,21). The van der Waals surface area contributed by atoms with E-state index in [0.717, 1.165) is 28.8 Å². The van der Waals surface area contributed by atoms with Crippen molar-refractivity contribution in [1.29, 1.82) is 0 Å². The smallest absolute Gasteiger partial charge is 0.0543 e. The molecule has 0 saturated carbocycles. The van der Waals surface area contributed by atoms with Crippen LogP contribution in [0.4, 0.5) is 0 Å². The van der Waals surface area contributed by atoms with Gasteiger partial charge in [0.2, 0.25) is 0 Å². The van der Waals surface area contributed by atoms with Crippen molar-refractivity contribution in [1.82, 2.24) is 10.3 Å². The van der Waals surface area contributed by atoms with Crippen molar-refractivity contribution in [3.63, 3.8) is 0 Å². The number of benzene rings is 1. The number of allylic oxidation sites excluding steroid dienone is 1. The van der Waals surface area contributed by atoms with Crippen LogP contribution >= 0.6 is 0 Å². The zero-order valence-electron chi connectivity index (χ0n) is 13.0. The SMILES string of the molecule is C=Cc1ccc(C(CC)C(=C)NN=O)cc1C(=C)N(C)C. The number of rotatable bonds is 8. The van der Waals surface area contributed by atoms with Crippen molar-refractivity contribution in [2.45, 2.75) is 19.3 Å². The molecule has 0 aliphatic rings. The summed E-state index contributed by atoms with van der Waals surface area (Å²) in [7, 11) is 3.91. The molecule has 1 aromatic rings. The number of nitrogens with one attached hydrogen (secondary N) is 1. The van der Waals surface area contributed by atoms with Gasteiger partial charge in [-0.15, -0.1) is 4.91 Å². The summed E-state index contributed by atoms with van der Waals surface area (Å²) in [6, 6.07) is 6.11. The molecular formula is C17H23N3O. The first-order chi connectivity index (χ1) is 9.96. The fourth-order valence-corrected chi connectivity index (χ4v) is 2.28. The zero-order chi connectivity index (χ0) is 16.0. The van der Waals surface area contributed by atoms with E-state index in [-0.39, 0.29) is 5.92 Å². The van der Waals surface area contributed by atoms with Crippen molar-refractivity contribution < 1.29 is 0 Å². The maximum absolute atomic E-state index is 10.4. The Morgan fingerprint density at radius 3 is 2.57 bits per heavy atom. The van der Waals surface area contributed by atoms with Gasteiger partial charge in [0.25, 0.3) is 0 Å². The van der Waals surface area contributed by atoms with Crippen molar-refractivity contribution in [3.8, 4) is 0 Å². The second-order valence-corrected chi connectivity index (χ2v) is 5.08. The van der Waals surface area contributed by atoms with Crippen molar-refractivity contribution >= 4 is 11.8 Å². The summed E-state index contributed by atoms with van der Waals surface area (Å²) in [5.41, 5.74) is 7.05. The van der Waals surface area contributed by atoms with Crippen molar-refractivity contribution in [2.24, 2.45) is 5.29 Å². The third kappa shape index (κ3) is 3.81. The normalized spacial score (nSPS) is 11.4. The van der Waals surface area contributed by atoms with Gasteiger partial charge in [-0.3, -0.25) is 0 Å². The van der Waals surface area contributed by atoms with E-state index in [1.807, 2.05) is 44.1 Å². The zero-order valence-corrected chi connectivity index (χ0v) is 13.0. The number of nitrogens with zero attached hydrogens (tertiary/aromatic N) is 2. The van der Waals surface area contributed by atoms with E-state index >= 15 is 0 Å². The maximum Gasteiger partial charge on any atom is 0.0543 e. The molecule has 112 valence electrons. The van der Waals surface area contributed by atoms with E-state index in [2.05, 4.69) is 36.5 Å². The molecule has 1 atom stereocenters. The molecule has 0 aliphatic carbocycles. The average molecular weight is 285 g/mol. The largest absolute Gasteiger partial charge is 0.378 e. The van der Waals surface area contributed by atoms with Gasteiger partial charge in [0.1, 0.15) is 0 Å². The molecule has 1 N–H and O–H groups in total. The van der Waals surface area contributed by atoms with Gasteiger partial charge in [-0.25, -0.2) is 5.43 Å². The minimum atomic E-state index is 0.0234. The highest BCUT2D eigenvalue weighted by Crippen LogP contribution is 2.30. The van der Waals surface area contributed by atoms with Crippen molar-refractivity contribution in [3.05, 3.63) is 65.2 Å². The first kappa shape index (κ1) is 16.7. The third-order valence-corrected chi connectivity index (χ3v) is 3.57. The second kappa shape index (κ2) is 7.43. The molecular weight excluding hydrogens is 262 g/mol. The van der Waals surface area contributed by atoms with Gasteiger partial charge in [0, 0.05) is 37.0 Å². The van der Waals surface area contributed by atoms with Gasteiger partial charge in [-0.2, -0.15) is 0 Å². The molecule has 0 saturated heterocycles. The van der Waals surface area contributed by atoms with Gasteiger partial charge < -0.3 is 4.90 Å². The van der Waals surface area contributed by atoms with Crippen LogP contribution in [0.3, 0.4) is 0 Å². The molecule has 0 spiro atoms. The Bertz CT molecular complexity index is 561. The highest BCUT2D eigenvalue weighted by molar-refractivity contribution is 5.72. The molecule has 1 rings (SSSR count). The van der Waals surface area contributed by atoms with Gasteiger partial charge in [-0.1, -0.05) is 44.9 Å². The van der Waals surface area contributed by atoms with E-state index in [4.69, 9.17) is 0 Å². The molecule has 0 heterocycles. The van der Waals surface area contributed by atoms with Gasteiger partial charge >= 0.3 is 0 Å². The van der Waals surface area contributed by atoms with E-state index in [0.29, 0.717) is 5.70 Å². The first-order valence-electron chi connectivity index (χ1n) is 6.86. The lowest BCUT2D eigenvalue weighted by Crippen LogP contribution is -2.14. The Balaban J connectivity index is 3.29. The molecule has 4 heteroatoms. The highest BCUT2D eigenvalue weighted by Gasteiger charge is 2.16. The van der Waals surface area contributed by atoms with Gasteiger partial charge in [0.05, 0.1) is 5.29 Å². The lowest BCUT2D eigenvalue weighted by atomic mass is 9.90. The van der Waals surface area contributed by atoms with Crippen LogP contribution in [0.1, 0.15) is 36.0 Å². The van der Waals surface area contributed by atoms with E-state index in [9.17, 15) is 4.91 Å². The maximum atomic E-state index is 10.4. The lowest BCUT2D eigenvalue weighted by molar-refractivity contribution is 0.593. The van der Waals surface area contributed by atoms with Crippen LogP contribution in [0.2, 0.25) is 0 Å². The monoisotopic (exact) mass is 285 g/mol. The molecule has 4 nitrogen and oxygen atoms in total. The highest BCUT2D eigenvalue weighted by atomic mass is 16.3. The average Bonchev–Trinajstić information content (AvgIpc) is 2.47. The van der Waals surface area contributed by atoms with Crippen molar-refractivity contribution in [2.75, 3.05) is 14.1 Å². The predicted octanol–water partition coefficient (Wildman–Crippen LogP) is 4.14. The number of nitroso groups, excluding NO2 is 1. The molecule has 0 amide bonds. The molecule has 0 fully saturated rings. The third-order valence-electron chi connectivity index (χ3n) is 3.57. The van der Waals surface area contributed by atoms with Crippen LogP contribution in [0.25, 0.3) is 11.8 Å². The Labute approximate surface area is 126 Å². The van der Waals surface area contributed by atoms with Crippen LogP contribution in [-0.2, 0) is 0 Å². The lowest BCUT2D eigenvalue weighted by Gasteiger charge is -2.22. The fourth-order valence-electron chi connectivity index (χ4n) is 2.28. The molecule has 0 aromatic heterocycles. The van der Waals surface area contributed by atoms with Gasteiger partial charge in [0.15, 0.2) is 0 Å². The van der Waals surface area contributed by atoms with Crippen LogP contribution in [0, 0.1) is 4.91 Å². The summed E-state index contributed by atoms with van der Waals surface area (Å²) in [4.78, 5) is 12.3. The summed E-state index contributed by atoms with van der Waals surface area (Å²) < 4.78 is 0. The van der Waals surface area contributed by atoms with E-state index in [1.54, 1.807) is 0 Å². The van der Waals surface area contributed by atoms with Crippen LogP contribution < -0.4 is 5.43 Å². The molecule has 0 aliphatic heterocycles. The summed E-state index contributed by atoms with van der Waals surface area (Å²) in [5.74, 6) is 0.0234. The fraction of sp³-hybridized carbons (Fsp3) is 0.294.